The highest BCUT2D eigenvalue weighted by Gasteiger charge is 2.47. The first kappa shape index (κ1) is 26.9. The molecule has 1 aliphatic carbocycles. The third-order valence-corrected chi connectivity index (χ3v) is 6.74. The molecule has 1 saturated heterocycles. The lowest BCUT2D eigenvalue weighted by Crippen LogP contribution is -2.65. The van der Waals surface area contributed by atoms with Gasteiger partial charge in [0.2, 0.25) is 5.91 Å². The molecule has 1 atom stereocenters. The highest BCUT2D eigenvalue weighted by atomic mass is 19.4. The standard InChI is InChI=1S/C28H27F3N4O3/c1-27(2)26(37)34(22-7-4-21(17-32)24(16-22)28(29,30)31)18-25(36)35(27)14-3-15-38-23-8-5-19(6-9-23)20-10-12-33-13-11-20/h5-13,16,21H,3-4,14-15,18H2,1-2H3. The van der Waals surface area contributed by atoms with Gasteiger partial charge in [0, 0.05) is 24.6 Å². The number of ether oxygens (including phenoxy) is 1. The predicted octanol–water partition coefficient (Wildman–Crippen LogP) is 4.88. The number of amides is 2. The van der Waals surface area contributed by atoms with Crippen LogP contribution in [0.2, 0.25) is 0 Å². The average Bonchev–Trinajstić information content (AvgIpc) is 2.90. The van der Waals surface area contributed by atoms with Crippen molar-refractivity contribution in [2.45, 2.75) is 38.4 Å². The molecule has 1 aromatic carbocycles. The van der Waals surface area contributed by atoms with Gasteiger partial charge in [-0.1, -0.05) is 18.2 Å². The van der Waals surface area contributed by atoms with Crippen LogP contribution >= 0.6 is 0 Å². The lowest BCUT2D eigenvalue weighted by atomic mass is 9.89. The normalized spacial score (nSPS) is 19.5. The molecule has 1 aromatic heterocycles. The first-order valence-electron chi connectivity index (χ1n) is 12.2. The Balaban J connectivity index is 1.36. The molecular formula is C28H27F3N4O3. The quantitative estimate of drug-likeness (QED) is 0.482. The second-order valence-corrected chi connectivity index (χ2v) is 9.60. The summed E-state index contributed by atoms with van der Waals surface area (Å²) >= 11 is 0. The van der Waals surface area contributed by atoms with E-state index in [4.69, 9.17) is 10.00 Å². The van der Waals surface area contributed by atoms with Crippen LogP contribution in [0.25, 0.3) is 11.1 Å². The summed E-state index contributed by atoms with van der Waals surface area (Å²) in [5.74, 6) is -1.53. The van der Waals surface area contributed by atoms with E-state index in [0.29, 0.717) is 18.8 Å². The van der Waals surface area contributed by atoms with E-state index in [0.717, 1.165) is 22.1 Å². The fourth-order valence-electron chi connectivity index (χ4n) is 4.64. The van der Waals surface area contributed by atoms with Gasteiger partial charge in [0.05, 0.1) is 24.2 Å². The summed E-state index contributed by atoms with van der Waals surface area (Å²) in [7, 11) is 0. The van der Waals surface area contributed by atoms with Gasteiger partial charge in [0.25, 0.3) is 5.91 Å². The largest absolute Gasteiger partial charge is 0.494 e. The predicted molar refractivity (Wildman–Crippen MR) is 133 cm³/mol. The van der Waals surface area contributed by atoms with Gasteiger partial charge in [0.15, 0.2) is 0 Å². The number of allylic oxidation sites excluding steroid dienone is 3. The van der Waals surface area contributed by atoms with Crippen molar-refractivity contribution in [2.24, 2.45) is 5.92 Å². The van der Waals surface area contributed by atoms with Crippen molar-refractivity contribution >= 4 is 11.8 Å². The van der Waals surface area contributed by atoms with Gasteiger partial charge < -0.3 is 14.5 Å². The van der Waals surface area contributed by atoms with Gasteiger partial charge in [-0.15, -0.1) is 0 Å². The molecule has 38 heavy (non-hydrogen) atoms. The smallest absolute Gasteiger partial charge is 0.414 e. The number of piperazine rings is 1. The lowest BCUT2D eigenvalue weighted by Gasteiger charge is -2.46. The molecular weight excluding hydrogens is 497 g/mol. The van der Waals surface area contributed by atoms with Gasteiger partial charge in [-0.05, 0) is 68.2 Å². The number of halogens is 3. The van der Waals surface area contributed by atoms with Crippen molar-refractivity contribution in [3.63, 3.8) is 0 Å². The zero-order chi connectivity index (χ0) is 27.5. The maximum absolute atomic E-state index is 13.5. The van der Waals surface area contributed by atoms with Crippen LogP contribution in [0.15, 0.2) is 72.2 Å². The minimum absolute atomic E-state index is 0.00607. The highest BCUT2D eigenvalue weighted by Crippen LogP contribution is 2.38. The van der Waals surface area contributed by atoms with E-state index in [9.17, 15) is 22.8 Å². The van der Waals surface area contributed by atoms with Crippen LogP contribution in [0.1, 0.15) is 26.7 Å². The number of nitrogens with zero attached hydrogens (tertiary/aromatic N) is 4. The molecule has 0 bridgehead atoms. The van der Waals surface area contributed by atoms with Crippen molar-refractivity contribution < 1.29 is 27.5 Å². The Labute approximate surface area is 218 Å². The Kier molecular flexibility index (Phi) is 7.58. The Morgan fingerprint density at radius 2 is 1.76 bits per heavy atom. The first-order chi connectivity index (χ1) is 18.0. The maximum atomic E-state index is 13.5. The number of pyridine rings is 1. The van der Waals surface area contributed by atoms with Gasteiger partial charge in [-0.2, -0.15) is 18.4 Å². The van der Waals surface area contributed by atoms with E-state index >= 15 is 0 Å². The second kappa shape index (κ2) is 10.7. The minimum Gasteiger partial charge on any atom is -0.494 e. The van der Waals surface area contributed by atoms with Gasteiger partial charge in [-0.3, -0.25) is 14.6 Å². The van der Waals surface area contributed by atoms with E-state index in [1.807, 2.05) is 36.4 Å². The van der Waals surface area contributed by atoms with Gasteiger partial charge in [-0.25, -0.2) is 0 Å². The second-order valence-electron chi connectivity index (χ2n) is 9.60. The molecule has 10 heteroatoms. The lowest BCUT2D eigenvalue weighted by molar-refractivity contribution is -0.160. The Morgan fingerprint density at radius 3 is 2.39 bits per heavy atom. The molecule has 1 unspecified atom stereocenters. The number of benzene rings is 1. The number of hydrogen-bond acceptors (Lipinski definition) is 5. The molecule has 1 aliphatic heterocycles. The van der Waals surface area contributed by atoms with E-state index in [1.54, 1.807) is 32.3 Å². The molecule has 2 aromatic rings. The summed E-state index contributed by atoms with van der Waals surface area (Å²) in [4.78, 5) is 32.8. The van der Waals surface area contributed by atoms with E-state index in [2.05, 4.69) is 4.98 Å². The van der Waals surface area contributed by atoms with Crippen molar-refractivity contribution in [1.82, 2.24) is 14.8 Å². The van der Waals surface area contributed by atoms with Crippen LogP contribution in [-0.2, 0) is 9.59 Å². The molecule has 2 heterocycles. The molecule has 7 nitrogen and oxygen atoms in total. The van der Waals surface area contributed by atoms with E-state index in [-0.39, 0.29) is 31.1 Å². The van der Waals surface area contributed by atoms with Crippen molar-refractivity contribution in [1.29, 1.82) is 5.26 Å². The zero-order valence-electron chi connectivity index (χ0n) is 21.0. The Morgan fingerprint density at radius 1 is 1.11 bits per heavy atom. The number of carbonyl (C=O) groups excluding carboxylic acids is 2. The Bertz CT molecular complexity index is 1300. The molecule has 0 spiro atoms. The van der Waals surface area contributed by atoms with E-state index < -0.39 is 29.1 Å². The van der Waals surface area contributed by atoms with Gasteiger partial charge in [0.1, 0.15) is 17.8 Å². The summed E-state index contributed by atoms with van der Waals surface area (Å²) in [6.45, 7) is 3.34. The number of nitriles is 1. The number of alkyl halides is 3. The van der Waals surface area contributed by atoms with Crippen molar-refractivity contribution in [3.8, 4) is 22.9 Å². The molecule has 0 N–H and O–H groups in total. The third-order valence-electron chi connectivity index (χ3n) is 6.74. The van der Waals surface area contributed by atoms with Crippen LogP contribution in [0.5, 0.6) is 5.75 Å². The molecule has 1 fully saturated rings. The fraction of sp³-hybridized carbons (Fsp3) is 0.357. The molecule has 198 valence electrons. The molecule has 2 amide bonds. The number of carbonyl (C=O) groups is 2. The van der Waals surface area contributed by atoms with Crippen molar-refractivity contribution in [3.05, 3.63) is 72.2 Å². The molecule has 4 rings (SSSR count). The van der Waals surface area contributed by atoms with Crippen LogP contribution in [0.4, 0.5) is 13.2 Å². The third kappa shape index (κ3) is 5.57. The van der Waals surface area contributed by atoms with Crippen LogP contribution in [-0.4, -0.2) is 58.0 Å². The maximum Gasteiger partial charge on any atom is 0.414 e. The fourth-order valence-corrected chi connectivity index (χ4v) is 4.64. The molecule has 0 saturated carbocycles. The monoisotopic (exact) mass is 524 g/mol. The number of hydrogen-bond donors (Lipinski definition) is 0. The molecule has 0 radical (unpaired) electrons. The first-order valence-corrected chi connectivity index (χ1v) is 12.2. The van der Waals surface area contributed by atoms with Crippen molar-refractivity contribution in [2.75, 3.05) is 19.7 Å². The SMILES string of the molecule is CC1(C)C(=O)N(C2=CCC(C#N)C(C(F)(F)F)=C2)CC(=O)N1CCCOc1ccc(-c2ccncc2)cc1. The van der Waals surface area contributed by atoms with Crippen LogP contribution in [0.3, 0.4) is 0 Å². The average molecular weight is 525 g/mol. The number of rotatable bonds is 7. The van der Waals surface area contributed by atoms with Crippen LogP contribution < -0.4 is 4.74 Å². The number of aromatic nitrogens is 1. The zero-order valence-corrected chi connectivity index (χ0v) is 21.0. The summed E-state index contributed by atoms with van der Waals surface area (Å²) in [5, 5.41) is 9.09. The van der Waals surface area contributed by atoms with E-state index in [1.165, 1.54) is 11.0 Å². The summed E-state index contributed by atoms with van der Waals surface area (Å²) < 4.78 is 46.2. The minimum atomic E-state index is -4.70. The topological polar surface area (TPSA) is 86.5 Å². The van der Waals surface area contributed by atoms with Crippen LogP contribution in [0, 0.1) is 17.2 Å². The summed E-state index contributed by atoms with van der Waals surface area (Å²) in [6.07, 6.45) is 1.23. The Hall–Kier alpha value is -4.13. The highest BCUT2D eigenvalue weighted by molar-refractivity contribution is 5.98. The summed E-state index contributed by atoms with van der Waals surface area (Å²) in [6, 6.07) is 13.1. The molecule has 2 aliphatic rings. The summed E-state index contributed by atoms with van der Waals surface area (Å²) in [5.41, 5.74) is -0.217. The van der Waals surface area contributed by atoms with Gasteiger partial charge >= 0.3 is 6.18 Å².